The third-order valence-electron chi connectivity index (χ3n) is 3.13. The summed E-state index contributed by atoms with van der Waals surface area (Å²) in [6.07, 6.45) is 7.51. The number of hydrogen-bond donors (Lipinski definition) is 1. The molecule has 1 aromatic heterocycles. The van der Waals surface area contributed by atoms with E-state index in [4.69, 9.17) is 0 Å². The van der Waals surface area contributed by atoms with E-state index in [1.54, 1.807) is 11.3 Å². The van der Waals surface area contributed by atoms with Crippen LogP contribution in [-0.4, -0.2) is 11.0 Å². The Morgan fingerprint density at radius 3 is 3.07 bits per heavy atom. The maximum atomic E-state index is 4.08. The second-order valence-corrected chi connectivity index (χ2v) is 5.19. The molecule has 78 valence electrons. The molecule has 2 nitrogen and oxygen atoms in total. The topological polar surface area (TPSA) is 24.9 Å². The smallest absolute Gasteiger partial charge is 0.0794 e. The number of aromatic nitrogens is 1. The Morgan fingerprint density at radius 2 is 2.36 bits per heavy atom. The summed E-state index contributed by atoms with van der Waals surface area (Å²) in [6, 6.07) is 0.728. The van der Waals surface area contributed by atoms with Gasteiger partial charge in [0.2, 0.25) is 0 Å². The molecule has 0 bridgehead atoms. The second-order valence-electron chi connectivity index (χ2n) is 4.22. The summed E-state index contributed by atoms with van der Waals surface area (Å²) in [7, 11) is 0. The lowest BCUT2D eigenvalue weighted by Gasteiger charge is -2.29. The van der Waals surface area contributed by atoms with Gasteiger partial charge in [0.05, 0.1) is 5.51 Å². The fraction of sp³-hybridized carbons (Fsp3) is 0.727. The van der Waals surface area contributed by atoms with Crippen molar-refractivity contribution >= 4 is 11.3 Å². The molecule has 1 saturated carbocycles. The van der Waals surface area contributed by atoms with Crippen LogP contribution in [0.2, 0.25) is 0 Å². The standard InChI is InChI=1S/C11H18N2S/c1-9-4-2-3-5-11(9)13-7-10-6-12-8-14-10/h6,8-9,11,13H,2-5,7H2,1H3. The van der Waals surface area contributed by atoms with Gasteiger partial charge in [-0.05, 0) is 18.8 Å². The van der Waals surface area contributed by atoms with E-state index in [9.17, 15) is 0 Å². The molecule has 2 atom stereocenters. The zero-order chi connectivity index (χ0) is 9.80. The van der Waals surface area contributed by atoms with Crippen LogP contribution in [0.15, 0.2) is 11.7 Å². The quantitative estimate of drug-likeness (QED) is 0.830. The number of nitrogens with one attached hydrogen (secondary N) is 1. The van der Waals surface area contributed by atoms with Gasteiger partial charge in [0, 0.05) is 23.7 Å². The van der Waals surface area contributed by atoms with Crippen LogP contribution >= 0.6 is 11.3 Å². The lowest BCUT2D eigenvalue weighted by molar-refractivity contribution is 0.280. The first kappa shape index (κ1) is 10.1. The summed E-state index contributed by atoms with van der Waals surface area (Å²) in [5.74, 6) is 0.844. The number of thiazole rings is 1. The molecule has 0 spiro atoms. The van der Waals surface area contributed by atoms with Crippen LogP contribution in [0, 0.1) is 5.92 Å². The highest BCUT2D eigenvalue weighted by Gasteiger charge is 2.20. The van der Waals surface area contributed by atoms with E-state index in [2.05, 4.69) is 17.2 Å². The van der Waals surface area contributed by atoms with Crippen molar-refractivity contribution < 1.29 is 0 Å². The summed E-state index contributed by atoms with van der Waals surface area (Å²) in [6.45, 7) is 3.36. The van der Waals surface area contributed by atoms with Crippen LogP contribution in [0.3, 0.4) is 0 Å². The second kappa shape index (κ2) is 4.89. The summed E-state index contributed by atoms with van der Waals surface area (Å²) in [4.78, 5) is 5.43. The van der Waals surface area contributed by atoms with Crippen LogP contribution in [-0.2, 0) is 6.54 Å². The molecule has 1 aromatic rings. The summed E-state index contributed by atoms with van der Waals surface area (Å²) < 4.78 is 0. The van der Waals surface area contributed by atoms with Gasteiger partial charge in [-0.1, -0.05) is 19.8 Å². The average Bonchev–Trinajstić information content (AvgIpc) is 2.69. The van der Waals surface area contributed by atoms with Gasteiger partial charge in [0.1, 0.15) is 0 Å². The highest BCUT2D eigenvalue weighted by Crippen LogP contribution is 2.24. The summed E-state index contributed by atoms with van der Waals surface area (Å²) in [5, 5.41) is 3.64. The van der Waals surface area contributed by atoms with Gasteiger partial charge in [-0.3, -0.25) is 4.98 Å². The zero-order valence-electron chi connectivity index (χ0n) is 8.70. The van der Waals surface area contributed by atoms with E-state index in [-0.39, 0.29) is 0 Å². The first-order chi connectivity index (χ1) is 6.86. The molecule has 0 saturated heterocycles. The Labute approximate surface area is 89.8 Å². The molecule has 0 aromatic carbocycles. The number of hydrogen-bond acceptors (Lipinski definition) is 3. The fourth-order valence-corrected chi connectivity index (χ4v) is 2.73. The minimum absolute atomic E-state index is 0.728. The largest absolute Gasteiger partial charge is 0.309 e. The van der Waals surface area contributed by atoms with Crippen molar-refractivity contribution in [2.75, 3.05) is 0 Å². The molecular weight excluding hydrogens is 192 g/mol. The predicted molar refractivity (Wildman–Crippen MR) is 60.4 cm³/mol. The van der Waals surface area contributed by atoms with Crippen molar-refractivity contribution in [3.8, 4) is 0 Å². The third-order valence-corrected chi connectivity index (χ3v) is 3.91. The monoisotopic (exact) mass is 210 g/mol. The van der Waals surface area contributed by atoms with E-state index in [0.29, 0.717) is 0 Å². The van der Waals surface area contributed by atoms with Crippen molar-refractivity contribution in [1.82, 2.24) is 10.3 Å². The van der Waals surface area contributed by atoms with E-state index < -0.39 is 0 Å². The molecule has 1 fully saturated rings. The van der Waals surface area contributed by atoms with Crippen LogP contribution in [0.5, 0.6) is 0 Å². The minimum Gasteiger partial charge on any atom is -0.309 e. The molecule has 0 aliphatic heterocycles. The number of rotatable bonds is 3. The van der Waals surface area contributed by atoms with E-state index >= 15 is 0 Å². The van der Waals surface area contributed by atoms with Gasteiger partial charge in [0.25, 0.3) is 0 Å². The van der Waals surface area contributed by atoms with Gasteiger partial charge in [-0.2, -0.15) is 0 Å². The Hall–Kier alpha value is -0.410. The molecule has 2 rings (SSSR count). The van der Waals surface area contributed by atoms with Gasteiger partial charge >= 0.3 is 0 Å². The van der Waals surface area contributed by atoms with E-state index in [1.807, 2.05) is 11.7 Å². The van der Waals surface area contributed by atoms with Crippen LogP contribution in [0.1, 0.15) is 37.5 Å². The molecule has 1 N–H and O–H groups in total. The average molecular weight is 210 g/mol. The SMILES string of the molecule is CC1CCCCC1NCc1cncs1. The Bertz CT molecular complexity index is 258. The molecule has 1 aliphatic rings. The minimum atomic E-state index is 0.728. The van der Waals surface area contributed by atoms with Gasteiger partial charge < -0.3 is 5.32 Å². The molecule has 14 heavy (non-hydrogen) atoms. The Morgan fingerprint density at radius 1 is 1.50 bits per heavy atom. The highest BCUT2D eigenvalue weighted by molar-refractivity contribution is 7.09. The van der Waals surface area contributed by atoms with Gasteiger partial charge in [-0.15, -0.1) is 11.3 Å². The molecule has 1 aliphatic carbocycles. The van der Waals surface area contributed by atoms with Gasteiger partial charge in [-0.25, -0.2) is 0 Å². The van der Waals surface area contributed by atoms with E-state index in [1.165, 1.54) is 30.6 Å². The first-order valence-corrected chi connectivity index (χ1v) is 6.35. The first-order valence-electron chi connectivity index (χ1n) is 5.47. The molecule has 0 radical (unpaired) electrons. The summed E-state index contributed by atoms with van der Waals surface area (Å²) >= 11 is 1.74. The lowest BCUT2D eigenvalue weighted by atomic mass is 9.86. The van der Waals surface area contributed by atoms with Crippen molar-refractivity contribution in [3.05, 3.63) is 16.6 Å². The maximum absolute atomic E-state index is 4.08. The molecule has 3 heteroatoms. The zero-order valence-corrected chi connectivity index (χ0v) is 9.52. The van der Waals surface area contributed by atoms with Crippen molar-refractivity contribution in [3.63, 3.8) is 0 Å². The normalized spacial score (nSPS) is 27.8. The van der Waals surface area contributed by atoms with Crippen molar-refractivity contribution in [2.24, 2.45) is 5.92 Å². The fourth-order valence-electron chi connectivity index (χ4n) is 2.18. The molecule has 2 unspecified atom stereocenters. The molecule has 1 heterocycles. The maximum Gasteiger partial charge on any atom is 0.0794 e. The molecular formula is C11H18N2S. The molecule has 0 amide bonds. The Balaban J connectivity index is 1.79. The Kier molecular flexibility index (Phi) is 3.54. The summed E-state index contributed by atoms with van der Waals surface area (Å²) in [5.41, 5.74) is 1.90. The van der Waals surface area contributed by atoms with E-state index in [0.717, 1.165) is 18.5 Å². The predicted octanol–water partition coefficient (Wildman–Crippen LogP) is 2.81. The van der Waals surface area contributed by atoms with Crippen molar-refractivity contribution in [1.29, 1.82) is 0 Å². The van der Waals surface area contributed by atoms with Crippen molar-refractivity contribution in [2.45, 2.75) is 45.2 Å². The number of nitrogens with zero attached hydrogens (tertiary/aromatic N) is 1. The van der Waals surface area contributed by atoms with Gasteiger partial charge in [0.15, 0.2) is 0 Å². The highest BCUT2D eigenvalue weighted by atomic mass is 32.1. The van der Waals surface area contributed by atoms with Crippen LogP contribution in [0.25, 0.3) is 0 Å². The van der Waals surface area contributed by atoms with Crippen LogP contribution < -0.4 is 5.32 Å². The lowest BCUT2D eigenvalue weighted by Crippen LogP contribution is -2.36. The third kappa shape index (κ3) is 2.55. The van der Waals surface area contributed by atoms with Crippen LogP contribution in [0.4, 0.5) is 0 Å².